The molecule has 0 radical (unpaired) electrons. The minimum Gasteiger partial charge on any atom is -0.481 e. The molecule has 5 nitrogen and oxygen atoms in total. The molecule has 1 rings (SSSR count). The third-order valence-electron chi connectivity index (χ3n) is 3.99. The second-order valence-corrected chi connectivity index (χ2v) is 6.99. The van der Waals surface area contributed by atoms with E-state index in [4.69, 9.17) is 4.74 Å². The Morgan fingerprint density at radius 2 is 1.79 bits per heavy atom. The molecule has 3 unspecified atom stereocenters. The van der Waals surface area contributed by atoms with Gasteiger partial charge in [-0.05, 0) is 39.0 Å². The molecule has 1 saturated carbocycles. The monoisotopic (exact) mass is 271 g/mol. The standard InChI is InChI=1S/C14H25NO4/c1-8(9-10(11(16)17)14(9,5)6)15(7)12(18)19-13(2,3)4/h8-10H,1-7H3,(H,16,17). The van der Waals surface area contributed by atoms with Gasteiger partial charge in [-0.15, -0.1) is 0 Å². The molecule has 110 valence electrons. The maximum Gasteiger partial charge on any atom is 0.410 e. The van der Waals surface area contributed by atoms with Crippen LogP contribution in [0.5, 0.6) is 0 Å². The summed E-state index contributed by atoms with van der Waals surface area (Å²) in [6, 6.07) is -0.161. The zero-order valence-corrected chi connectivity index (χ0v) is 12.9. The van der Waals surface area contributed by atoms with Gasteiger partial charge in [0.2, 0.25) is 0 Å². The van der Waals surface area contributed by atoms with Gasteiger partial charge in [0, 0.05) is 13.1 Å². The van der Waals surface area contributed by atoms with Crippen LogP contribution in [-0.2, 0) is 9.53 Å². The first kappa shape index (κ1) is 15.8. The van der Waals surface area contributed by atoms with Crippen molar-refractivity contribution in [2.24, 2.45) is 17.3 Å². The van der Waals surface area contributed by atoms with E-state index in [1.54, 1.807) is 7.05 Å². The molecule has 0 saturated heterocycles. The van der Waals surface area contributed by atoms with Crippen molar-refractivity contribution < 1.29 is 19.4 Å². The summed E-state index contributed by atoms with van der Waals surface area (Å²) >= 11 is 0. The van der Waals surface area contributed by atoms with E-state index in [0.717, 1.165) is 0 Å². The van der Waals surface area contributed by atoms with Gasteiger partial charge >= 0.3 is 12.1 Å². The third-order valence-corrected chi connectivity index (χ3v) is 3.99. The highest BCUT2D eigenvalue weighted by Gasteiger charge is 2.65. The van der Waals surface area contributed by atoms with Gasteiger partial charge in [-0.2, -0.15) is 0 Å². The van der Waals surface area contributed by atoms with Crippen molar-refractivity contribution >= 4 is 12.1 Å². The summed E-state index contributed by atoms with van der Waals surface area (Å²) in [5.41, 5.74) is -0.822. The average molecular weight is 271 g/mol. The number of carboxylic acid groups (broad SMARTS) is 1. The molecule has 1 aliphatic rings. The van der Waals surface area contributed by atoms with Crippen LogP contribution < -0.4 is 0 Å². The molecule has 0 spiro atoms. The fourth-order valence-electron chi connectivity index (χ4n) is 2.79. The largest absolute Gasteiger partial charge is 0.481 e. The number of amides is 1. The molecule has 1 aliphatic carbocycles. The highest BCUT2D eigenvalue weighted by molar-refractivity contribution is 5.76. The SMILES string of the molecule is CC(C1C(C(=O)O)C1(C)C)N(C)C(=O)OC(C)(C)C. The summed E-state index contributed by atoms with van der Waals surface area (Å²) in [4.78, 5) is 24.7. The first-order chi connectivity index (χ1) is 8.39. The van der Waals surface area contributed by atoms with Gasteiger partial charge in [0.25, 0.3) is 0 Å². The Morgan fingerprint density at radius 1 is 1.32 bits per heavy atom. The Labute approximate surface area is 114 Å². The predicted molar refractivity (Wildman–Crippen MR) is 71.9 cm³/mol. The Morgan fingerprint density at radius 3 is 2.11 bits per heavy atom. The molecule has 0 bridgehead atoms. The van der Waals surface area contributed by atoms with Crippen molar-refractivity contribution in [3.63, 3.8) is 0 Å². The molecular formula is C14H25NO4. The van der Waals surface area contributed by atoms with E-state index in [1.807, 2.05) is 41.5 Å². The van der Waals surface area contributed by atoms with Crippen LogP contribution in [0.2, 0.25) is 0 Å². The lowest BCUT2D eigenvalue weighted by Crippen LogP contribution is -2.41. The molecule has 3 atom stereocenters. The molecular weight excluding hydrogens is 246 g/mol. The number of hydrogen-bond donors (Lipinski definition) is 1. The van der Waals surface area contributed by atoms with Gasteiger partial charge in [0.05, 0.1) is 5.92 Å². The zero-order valence-electron chi connectivity index (χ0n) is 12.9. The van der Waals surface area contributed by atoms with E-state index in [0.29, 0.717) is 0 Å². The van der Waals surface area contributed by atoms with Crippen molar-refractivity contribution in [1.82, 2.24) is 4.90 Å². The molecule has 0 aromatic heterocycles. The van der Waals surface area contributed by atoms with Crippen LogP contribution in [0.15, 0.2) is 0 Å². The highest BCUT2D eigenvalue weighted by atomic mass is 16.6. The minimum atomic E-state index is -0.792. The van der Waals surface area contributed by atoms with E-state index in [1.165, 1.54) is 4.90 Å². The van der Waals surface area contributed by atoms with Crippen LogP contribution in [0.3, 0.4) is 0 Å². The summed E-state index contributed by atoms with van der Waals surface area (Å²) in [5, 5.41) is 9.18. The van der Waals surface area contributed by atoms with E-state index in [9.17, 15) is 14.7 Å². The van der Waals surface area contributed by atoms with Crippen LogP contribution in [0, 0.1) is 17.3 Å². The van der Waals surface area contributed by atoms with Crippen molar-refractivity contribution in [1.29, 1.82) is 0 Å². The van der Waals surface area contributed by atoms with E-state index in [-0.39, 0.29) is 17.4 Å². The summed E-state index contributed by atoms with van der Waals surface area (Å²) in [5.74, 6) is -1.23. The van der Waals surface area contributed by atoms with Crippen molar-refractivity contribution in [3.05, 3.63) is 0 Å². The molecule has 1 fully saturated rings. The number of carboxylic acids is 1. The van der Waals surface area contributed by atoms with Crippen LogP contribution in [0.1, 0.15) is 41.5 Å². The van der Waals surface area contributed by atoms with Crippen LogP contribution in [0.4, 0.5) is 4.79 Å². The van der Waals surface area contributed by atoms with E-state index >= 15 is 0 Å². The van der Waals surface area contributed by atoms with Gasteiger partial charge < -0.3 is 14.7 Å². The number of rotatable bonds is 3. The molecule has 5 heteroatoms. The molecule has 1 amide bonds. The smallest absolute Gasteiger partial charge is 0.410 e. The normalized spacial score (nSPS) is 26.5. The van der Waals surface area contributed by atoms with Crippen molar-refractivity contribution in [2.75, 3.05) is 7.05 Å². The Kier molecular flexibility index (Phi) is 3.90. The zero-order chi connectivity index (χ0) is 15.2. The van der Waals surface area contributed by atoms with Crippen molar-refractivity contribution in [3.8, 4) is 0 Å². The molecule has 0 heterocycles. The number of carbonyl (C=O) groups excluding carboxylic acids is 1. The summed E-state index contributed by atoms with van der Waals surface area (Å²) in [7, 11) is 1.66. The Hall–Kier alpha value is -1.26. The number of hydrogen-bond acceptors (Lipinski definition) is 3. The van der Waals surface area contributed by atoms with Crippen LogP contribution in [-0.4, -0.2) is 40.8 Å². The maximum absolute atomic E-state index is 12.0. The van der Waals surface area contributed by atoms with Gasteiger partial charge in [-0.25, -0.2) is 4.79 Å². The quantitative estimate of drug-likeness (QED) is 0.856. The highest BCUT2D eigenvalue weighted by Crippen LogP contribution is 2.60. The van der Waals surface area contributed by atoms with Crippen LogP contribution in [0.25, 0.3) is 0 Å². The predicted octanol–water partition coefficient (Wildman–Crippen LogP) is 2.60. The second-order valence-electron chi connectivity index (χ2n) is 6.99. The molecule has 1 N–H and O–H groups in total. The molecule has 0 aliphatic heterocycles. The van der Waals surface area contributed by atoms with E-state index in [2.05, 4.69) is 0 Å². The van der Waals surface area contributed by atoms with Crippen LogP contribution >= 0.6 is 0 Å². The summed E-state index contributed by atoms with van der Waals surface area (Å²) < 4.78 is 5.30. The maximum atomic E-state index is 12.0. The molecule has 0 aromatic carbocycles. The van der Waals surface area contributed by atoms with Crippen molar-refractivity contribution in [2.45, 2.75) is 53.2 Å². The first-order valence-corrected chi connectivity index (χ1v) is 6.58. The number of aliphatic carboxylic acids is 1. The second kappa shape index (κ2) is 4.69. The fourth-order valence-corrected chi connectivity index (χ4v) is 2.79. The molecule has 0 aromatic rings. The fraction of sp³-hybridized carbons (Fsp3) is 0.857. The van der Waals surface area contributed by atoms with Gasteiger partial charge in [-0.3, -0.25) is 4.79 Å². The lowest BCUT2D eigenvalue weighted by atomic mass is 10.0. The number of ether oxygens (including phenoxy) is 1. The minimum absolute atomic E-state index is 0.0393. The topological polar surface area (TPSA) is 66.8 Å². The third kappa shape index (κ3) is 3.19. The Bertz CT molecular complexity index is 383. The lowest BCUT2D eigenvalue weighted by molar-refractivity contribution is -0.139. The first-order valence-electron chi connectivity index (χ1n) is 6.58. The summed E-state index contributed by atoms with van der Waals surface area (Å²) in [6.45, 7) is 11.2. The summed E-state index contributed by atoms with van der Waals surface area (Å²) in [6.07, 6.45) is -0.410. The van der Waals surface area contributed by atoms with Gasteiger partial charge in [-0.1, -0.05) is 13.8 Å². The number of nitrogens with zero attached hydrogens (tertiary/aromatic N) is 1. The molecule has 19 heavy (non-hydrogen) atoms. The average Bonchev–Trinajstić information content (AvgIpc) is 2.76. The van der Waals surface area contributed by atoms with E-state index < -0.39 is 23.6 Å². The Balaban J connectivity index is 2.72. The lowest BCUT2D eigenvalue weighted by Gasteiger charge is -2.29. The number of carbonyl (C=O) groups is 2. The van der Waals surface area contributed by atoms with Gasteiger partial charge in [0.15, 0.2) is 0 Å². The van der Waals surface area contributed by atoms with Gasteiger partial charge in [0.1, 0.15) is 5.60 Å².